The number of rotatable bonds is 63. The topological polar surface area (TPSA) is 149 Å². The highest BCUT2D eigenvalue weighted by molar-refractivity contribution is 5.76. The van der Waals surface area contributed by atoms with Crippen molar-refractivity contribution in [3.63, 3.8) is 0 Å². The van der Waals surface area contributed by atoms with E-state index >= 15 is 0 Å². The van der Waals surface area contributed by atoms with E-state index in [-0.39, 0.29) is 12.5 Å². The Morgan fingerprint density at radius 1 is 0.418 bits per heavy atom. The molecule has 0 aromatic carbocycles. The number of hydrogen-bond donors (Lipinski definition) is 6. The van der Waals surface area contributed by atoms with Gasteiger partial charge in [-0.15, -0.1) is 0 Å². The summed E-state index contributed by atoms with van der Waals surface area (Å²) in [5.41, 5.74) is 0. The van der Waals surface area contributed by atoms with Crippen molar-refractivity contribution in [2.75, 3.05) is 13.2 Å². The number of carbonyl (C=O) groups excluding carboxylic acids is 1. The fraction of sp³-hybridized carbons (Fsp3) is 0.957. The summed E-state index contributed by atoms with van der Waals surface area (Å²) in [6.45, 7) is 3.85. The Bertz CT molecular complexity index is 1250. The number of allylic oxidation sites excluding steroid dienone is 1. The number of hydrogen-bond acceptors (Lipinski definition) is 8. The summed E-state index contributed by atoms with van der Waals surface area (Å²) >= 11 is 0. The van der Waals surface area contributed by atoms with Gasteiger partial charge in [0.05, 0.1) is 25.4 Å². The maximum Gasteiger partial charge on any atom is 0.220 e. The minimum Gasteiger partial charge on any atom is -0.394 e. The zero-order chi connectivity index (χ0) is 57.2. The number of nitrogens with one attached hydrogen (secondary N) is 1. The lowest BCUT2D eigenvalue weighted by atomic mass is 9.99. The Balaban J connectivity index is 2.12. The van der Waals surface area contributed by atoms with Crippen molar-refractivity contribution in [2.24, 2.45) is 0 Å². The molecule has 0 spiro atoms. The van der Waals surface area contributed by atoms with E-state index in [1.165, 1.54) is 315 Å². The van der Waals surface area contributed by atoms with E-state index in [1.54, 1.807) is 6.08 Å². The molecule has 0 aromatic rings. The van der Waals surface area contributed by atoms with Crippen LogP contribution >= 0.6 is 0 Å². The molecule has 1 rings (SSSR count). The van der Waals surface area contributed by atoms with Crippen LogP contribution < -0.4 is 5.32 Å². The summed E-state index contributed by atoms with van der Waals surface area (Å²) in [4.78, 5) is 13.1. The van der Waals surface area contributed by atoms with E-state index in [1.807, 2.05) is 6.08 Å². The van der Waals surface area contributed by atoms with Crippen LogP contribution in [0.2, 0.25) is 0 Å². The van der Waals surface area contributed by atoms with E-state index < -0.39 is 49.5 Å². The second kappa shape index (κ2) is 60.1. The van der Waals surface area contributed by atoms with Crippen LogP contribution in [0, 0.1) is 0 Å². The molecule has 0 saturated carbocycles. The van der Waals surface area contributed by atoms with Crippen molar-refractivity contribution >= 4 is 5.91 Å². The van der Waals surface area contributed by atoms with Crippen molar-refractivity contribution in [2.45, 2.75) is 416 Å². The predicted octanol–water partition coefficient (Wildman–Crippen LogP) is 19.1. The van der Waals surface area contributed by atoms with Crippen LogP contribution in [0.15, 0.2) is 12.2 Å². The standard InChI is InChI=1S/C70H137NO8/c1-3-5-7-9-11-13-15-17-19-21-23-25-27-29-31-33-35-37-39-41-43-45-47-49-51-53-55-57-59-64(73)63(62-78-70-69(77)68(76)67(75)65(61-72)79-70)71-66(74)60-58-56-54-52-50-48-46-44-42-40-38-36-34-32-30-28-26-24-22-20-18-16-14-12-10-8-6-4-2/h57,59,63-65,67-70,72-73,75-77H,3-56,58,60-62H2,1-2H3,(H,71,74)/b59-57+. The van der Waals surface area contributed by atoms with Crippen LogP contribution in [0.4, 0.5) is 0 Å². The molecule has 9 nitrogen and oxygen atoms in total. The van der Waals surface area contributed by atoms with Crippen molar-refractivity contribution in [3.8, 4) is 0 Å². The van der Waals surface area contributed by atoms with Gasteiger partial charge in [0.15, 0.2) is 6.29 Å². The molecule has 7 atom stereocenters. The van der Waals surface area contributed by atoms with Gasteiger partial charge in [-0.1, -0.05) is 360 Å². The second-order valence-corrected chi connectivity index (χ2v) is 25.0. The third-order valence-corrected chi connectivity index (χ3v) is 17.4. The summed E-state index contributed by atoms with van der Waals surface area (Å²) in [5.74, 6) is -0.167. The first-order chi connectivity index (χ1) is 38.8. The van der Waals surface area contributed by atoms with Gasteiger partial charge in [0.1, 0.15) is 24.4 Å². The highest BCUT2D eigenvalue weighted by atomic mass is 16.7. The van der Waals surface area contributed by atoms with Gasteiger partial charge in [0.2, 0.25) is 5.91 Å². The maximum atomic E-state index is 13.1. The van der Waals surface area contributed by atoms with E-state index in [4.69, 9.17) is 9.47 Å². The minimum absolute atomic E-state index is 0.167. The molecule has 1 aliphatic heterocycles. The molecule has 1 amide bonds. The number of aliphatic hydroxyl groups excluding tert-OH is 5. The molecule has 0 aliphatic carbocycles. The smallest absolute Gasteiger partial charge is 0.220 e. The van der Waals surface area contributed by atoms with Crippen molar-refractivity contribution < 1.29 is 39.8 Å². The summed E-state index contributed by atoms with van der Waals surface area (Å²) in [5, 5.41) is 54.8. The maximum absolute atomic E-state index is 13.1. The van der Waals surface area contributed by atoms with E-state index in [2.05, 4.69) is 19.2 Å². The average Bonchev–Trinajstić information content (AvgIpc) is 3.47. The van der Waals surface area contributed by atoms with E-state index in [0.29, 0.717) is 6.42 Å². The SMILES string of the molecule is CCCCCCCCCCCCCCCCCCCCCCCCCCCC/C=C/C(O)C(COC1OC(CO)C(O)C(O)C1O)NC(=O)CCCCCCCCCCCCCCCCCCCCCCCCCCCCCC. The minimum atomic E-state index is -1.56. The number of unbranched alkanes of at least 4 members (excludes halogenated alkanes) is 53. The first kappa shape index (κ1) is 75.9. The van der Waals surface area contributed by atoms with Crippen LogP contribution in [-0.2, 0) is 14.3 Å². The lowest BCUT2D eigenvalue weighted by Crippen LogP contribution is -2.60. The van der Waals surface area contributed by atoms with Crippen LogP contribution in [0.3, 0.4) is 0 Å². The monoisotopic (exact) mass is 1120 g/mol. The Hall–Kier alpha value is -1.07. The van der Waals surface area contributed by atoms with Crippen molar-refractivity contribution in [1.29, 1.82) is 0 Å². The molecule has 0 aromatic heterocycles. The fourth-order valence-corrected chi connectivity index (χ4v) is 11.8. The van der Waals surface area contributed by atoms with Crippen molar-refractivity contribution in [3.05, 3.63) is 12.2 Å². The predicted molar refractivity (Wildman–Crippen MR) is 337 cm³/mol. The number of carbonyl (C=O) groups is 1. The zero-order valence-electron chi connectivity index (χ0n) is 52.7. The van der Waals surface area contributed by atoms with Gasteiger partial charge in [0, 0.05) is 6.42 Å². The van der Waals surface area contributed by atoms with Gasteiger partial charge in [-0.25, -0.2) is 0 Å². The Morgan fingerprint density at radius 2 is 0.696 bits per heavy atom. The molecule has 1 aliphatic rings. The second-order valence-electron chi connectivity index (χ2n) is 25.0. The lowest BCUT2D eigenvalue weighted by molar-refractivity contribution is -0.302. The lowest BCUT2D eigenvalue weighted by Gasteiger charge is -2.40. The van der Waals surface area contributed by atoms with Crippen molar-refractivity contribution in [1.82, 2.24) is 5.32 Å². The van der Waals surface area contributed by atoms with Gasteiger partial charge in [-0.05, 0) is 19.3 Å². The van der Waals surface area contributed by atoms with Gasteiger partial charge in [-0.2, -0.15) is 0 Å². The summed E-state index contributed by atoms with van der Waals surface area (Å²) in [6, 6.07) is -0.802. The number of ether oxygens (including phenoxy) is 2. The van der Waals surface area contributed by atoms with Gasteiger partial charge >= 0.3 is 0 Å². The molecule has 0 bridgehead atoms. The van der Waals surface area contributed by atoms with Gasteiger partial charge < -0.3 is 40.3 Å². The van der Waals surface area contributed by atoms with E-state index in [9.17, 15) is 30.3 Å². The quantitative estimate of drug-likeness (QED) is 0.0261. The molecule has 9 heteroatoms. The van der Waals surface area contributed by atoms with Crippen LogP contribution in [0.25, 0.3) is 0 Å². The molecule has 6 N–H and O–H groups in total. The molecule has 1 saturated heterocycles. The van der Waals surface area contributed by atoms with Crippen LogP contribution in [0.5, 0.6) is 0 Å². The third kappa shape index (κ3) is 49.0. The Kier molecular flexibility index (Phi) is 57.7. The zero-order valence-corrected chi connectivity index (χ0v) is 52.7. The highest BCUT2D eigenvalue weighted by Crippen LogP contribution is 2.24. The average molecular weight is 1120 g/mol. The van der Waals surface area contributed by atoms with Crippen LogP contribution in [-0.4, -0.2) is 87.5 Å². The van der Waals surface area contributed by atoms with Crippen LogP contribution in [0.1, 0.15) is 373 Å². The fourth-order valence-electron chi connectivity index (χ4n) is 11.8. The first-order valence-corrected chi connectivity index (χ1v) is 35.4. The molecule has 7 unspecified atom stereocenters. The number of aliphatic hydroxyl groups is 5. The normalized spacial score (nSPS) is 18.5. The third-order valence-electron chi connectivity index (χ3n) is 17.4. The first-order valence-electron chi connectivity index (χ1n) is 35.4. The molecule has 79 heavy (non-hydrogen) atoms. The summed E-state index contributed by atoms with van der Waals surface area (Å²) < 4.78 is 11.3. The van der Waals surface area contributed by atoms with Gasteiger partial charge in [0.25, 0.3) is 0 Å². The molecular weight excluding hydrogens is 983 g/mol. The summed E-state index contributed by atoms with van der Waals surface area (Å²) in [7, 11) is 0. The largest absolute Gasteiger partial charge is 0.394 e. The molecule has 1 heterocycles. The highest BCUT2D eigenvalue weighted by Gasteiger charge is 2.44. The summed E-state index contributed by atoms with van der Waals surface area (Å²) in [6.07, 6.45) is 70.4. The molecule has 0 radical (unpaired) electrons. The Morgan fingerprint density at radius 3 is 0.987 bits per heavy atom. The number of amides is 1. The molecule has 470 valence electrons. The molecule has 1 fully saturated rings. The van der Waals surface area contributed by atoms with Gasteiger partial charge in [-0.3, -0.25) is 4.79 Å². The Labute approximate surface area is 490 Å². The van der Waals surface area contributed by atoms with E-state index in [0.717, 1.165) is 38.5 Å². The molecular formula is C70H137NO8.